The average Bonchev–Trinajstić information content (AvgIpc) is 2.77. The number of nitrogens with one attached hydrogen (secondary N) is 1. The molecule has 2 rings (SSSR count). The number of rotatable bonds is 13. The molecule has 0 bridgehead atoms. The molecule has 1 N–H and O–H groups in total. The van der Waals surface area contributed by atoms with Crippen molar-refractivity contribution in [1.29, 1.82) is 0 Å². The summed E-state index contributed by atoms with van der Waals surface area (Å²) >= 11 is 0. The van der Waals surface area contributed by atoms with Crippen molar-refractivity contribution in [3.8, 4) is 17.2 Å². The Labute approximate surface area is 195 Å². The molecule has 0 unspecified atom stereocenters. The van der Waals surface area contributed by atoms with Crippen LogP contribution in [0.4, 0.5) is 5.69 Å². The van der Waals surface area contributed by atoms with E-state index >= 15 is 0 Å². The fourth-order valence-electron chi connectivity index (χ4n) is 2.82. The van der Waals surface area contributed by atoms with E-state index in [1.165, 1.54) is 6.21 Å². The molecule has 0 aromatic heterocycles. The second-order valence-electron chi connectivity index (χ2n) is 6.98. The Morgan fingerprint density at radius 2 is 1.70 bits per heavy atom. The van der Waals surface area contributed by atoms with Gasteiger partial charge in [0.05, 0.1) is 38.0 Å². The van der Waals surface area contributed by atoms with Gasteiger partial charge in [-0.1, -0.05) is 6.92 Å². The minimum Gasteiger partial charge on any atom is -0.494 e. The van der Waals surface area contributed by atoms with Crippen molar-refractivity contribution in [3.05, 3.63) is 48.0 Å². The van der Waals surface area contributed by atoms with Gasteiger partial charge in [-0.05, 0) is 68.3 Å². The molecule has 0 aliphatic rings. The number of hydrogen-bond donors (Lipinski definition) is 1. The molecular weight excluding hydrogens is 446 g/mol. The Balaban J connectivity index is 2.06. The van der Waals surface area contributed by atoms with Crippen molar-refractivity contribution in [2.24, 2.45) is 5.10 Å². The molecule has 0 spiro atoms. The van der Waals surface area contributed by atoms with Crippen molar-refractivity contribution in [2.75, 3.05) is 36.9 Å². The van der Waals surface area contributed by atoms with Gasteiger partial charge in [-0.15, -0.1) is 0 Å². The van der Waals surface area contributed by atoms with Crippen LogP contribution in [0.2, 0.25) is 0 Å². The largest absolute Gasteiger partial charge is 0.494 e. The second kappa shape index (κ2) is 12.7. The van der Waals surface area contributed by atoms with Gasteiger partial charge in [0, 0.05) is 0 Å². The van der Waals surface area contributed by atoms with Gasteiger partial charge in [-0.25, -0.2) is 13.8 Å². The predicted molar refractivity (Wildman–Crippen MR) is 129 cm³/mol. The summed E-state index contributed by atoms with van der Waals surface area (Å²) in [6.07, 6.45) is 3.37. The van der Waals surface area contributed by atoms with Crippen molar-refractivity contribution in [3.63, 3.8) is 0 Å². The van der Waals surface area contributed by atoms with Crippen LogP contribution in [-0.2, 0) is 14.8 Å². The minimum absolute atomic E-state index is 0.351. The summed E-state index contributed by atoms with van der Waals surface area (Å²) in [5.74, 6) is 1.25. The number of anilines is 1. The van der Waals surface area contributed by atoms with Crippen LogP contribution in [0.15, 0.2) is 47.6 Å². The summed E-state index contributed by atoms with van der Waals surface area (Å²) in [6.45, 7) is 6.89. The molecule has 180 valence electrons. The molecule has 33 heavy (non-hydrogen) atoms. The molecular formula is C23H31N3O6S. The third-order valence-corrected chi connectivity index (χ3v) is 5.40. The van der Waals surface area contributed by atoms with E-state index in [-0.39, 0.29) is 0 Å². The molecule has 10 heteroatoms. The van der Waals surface area contributed by atoms with Crippen LogP contribution in [0.25, 0.3) is 0 Å². The van der Waals surface area contributed by atoms with E-state index in [0.29, 0.717) is 48.3 Å². The molecule has 0 aliphatic carbocycles. The lowest BCUT2D eigenvalue weighted by Gasteiger charge is -2.21. The number of hydrogen-bond acceptors (Lipinski definition) is 7. The molecule has 1 amide bonds. The summed E-state index contributed by atoms with van der Waals surface area (Å²) < 4.78 is 42.1. The van der Waals surface area contributed by atoms with Gasteiger partial charge in [0.2, 0.25) is 10.0 Å². The molecule has 0 heterocycles. The molecule has 0 saturated heterocycles. The lowest BCUT2D eigenvalue weighted by molar-refractivity contribution is -0.119. The van der Waals surface area contributed by atoms with Gasteiger partial charge in [0.15, 0.2) is 11.5 Å². The minimum atomic E-state index is -3.69. The van der Waals surface area contributed by atoms with Crippen LogP contribution in [0.5, 0.6) is 17.2 Å². The van der Waals surface area contributed by atoms with Crippen molar-refractivity contribution >= 4 is 27.8 Å². The lowest BCUT2D eigenvalue weighted by Crippen LogP contribution is -2.39. The van der Waals surface area contributed by atoms with Crippen LogP contribution in [0.3, 0.4) is 0 Å². The Kier molecular flexibility index (Phi) is 9.99. The van der Waals surface area contributed by atoms with Crippen LogP contribution in [0, 0.1) is 0 Å². The topological polar surface area (TPSA) is 107 Å². The first-order valence-electron chi connectivity index (χ1n) is 10.7. The summed E-state index contributed by atoms with van der Waals surface area (Å²) in [7, 11) is -3.69. The van der Waals surface area contributed by atoms with Gasteiger partial charge >= 0.3 is 0 Å². The number of carbonyl (C=O) groups is 1. The summed E-state index contributed by atoms with van der Waals surface area (Å²) in [5.41, 5.74) is 3.40. The highest BCUT2D eigenvalue weighted by Crippen LogP contribution is 2.28. The maximum absolute atomic E-state index is 12.4. The first kappa shape index (κ1) is 26.0. The standard InChI is InChI=1S/C23H31N3O6S/c1-5-14-32-21-13-8-18(15-22(21)31-7-3)16-24-25-23(27)17-26(33(4,28)29)19-9-11-20(12-10-19)30-6-2/h8-13,15-16H,5-7,14,17H2,1-4H3,(H,25,27)/b24-16-. The van der Waals surface area contributed by atoms with Crippen LogP contribution >= 0.6 is 0 Å². The van der Waals surface area contributed by atoms with E-state index in [1.807, 2.05) is 20.8 Å². The van der Waals surface area contributed by atoms with Crippen LogP contribution < -0.4 is 23.9 Å². The number of carbonyl (C=O) groups excluding carboxylic acids is 1. The highest BCUT2D eigenvalue weighted by Gasteiger charge is 2.20. The van der Waals surface area contributed by atoms with Gasteiger partial charge in [0.25, 0.3) is 5.91 Å². The SMILES string of the molecule is CCCOc1ccc(/C=N\NC(=O)CN(c2ccc(OCC)cc2)S(C)(=O)=O)cc1OCC. The summed E-state index contributed by atoms with van der Waals surface area (Å²) in [6, 6.07) is 11.8. The Morgan fingerprint density at radius 1 is 1.00 bits per heavy atom. The van der Waals surface area contributed by atoms with E-state index in [0.717, 1.165) is 17.0 Å². The highest BCUT2D eigenvalue weighted by atomic mass is 32.2. The number of benzene rings is 2. The quantitative estimate of drug-likeness (QED) is 0.351. The van der Waals surface area contributed by atoms with E-state index in [2.05, 4.69) is 10.5 Å². The van der Waals surface area contributed by atoms with Crippen molar-refractivity contribution in [1.82, 2.24) is 5.43 Å². The van der Waals surface area contributed by atoms with E-state index in [1.54, 1.807) is 42.5 Å². The Morgan fingerprint density at radius 3 is 2.30 bits per heavy atom. The first-order valence-corrected chi connectivity index (χ1v) is 12.5. The second-order valence-corrected chi connectivity index (χ2v) is 8.88. The van der Waals surface area contributed by atoms with E-state index in [9.17, 15) is 13.2 Å². The maximum atomic E-state index is 12.4. The average molecular weight is 478 g/mol. The molecule has 0 saturated carbocycles. The van der Waals surface area contributed by atoms with Gasteiger partial charge in [-0.3, -0.25) is 9.10 Å². The Hall–Kier alpha value is -3.27. The van der Waals surface area contributed by atoms with Gasteiger partial charge < -0.3 is 14.2 Å². The molecule has 0 aliphatic heterocycles. The lowest BCUT2D eigenvalue weighted by atomic mass is 10.2. The third kappa shape index (κ3) is 8.30. The first-order chi connectivity index (χ1) is 15.8. The summed E-state index contributed by atoms with van der Waals surface area (Å²) in [5, 5.41) is 3.94. The van der Waals surface area contributed by atoms with Crippen LogP contribution in [0.1, 0.15) is 32.8 Å². The molecule has 0 radical (unpaired) electrons. The van der Waals surface area contributed by atoms with Gasteiger partial charge in [0.1, 0.15) is 12.3 Å². The monoisotopic (exact) mass is 477 g/mol. The molecule has 0 atom stereocenters. The predicted octanol–water partition coefficient (Wildman–Crippen LogP) is 3.19. The van der Waals surface area contributed by atoms with E-state index < -0.39 is 22.5 Å². The zero-order valence-corrected chi connectivity index (χ0v) is 20.2. The normalized spacial score (nSPS) is 11.3. The Bertz CT molecular complexity index is 1040. The number of nitrogens with zero attached hydrogens (tertiary/aromatic N) is 2. The zero-order chi connectivity index (χ0) is 24.3. The maximum Gasteiger partial charge on any atom is 0.260 e. The highest BCUT2D eigenvalue weighted by molar-refractivity contribution is 7.92. The number of amides is 1. The fourth-order valence-corrected chi connectivity index (χ4v) is 3.68. The third-order valence-electron chi connectivity index (χ3n) is 4.26. The van der Waals surface area contributed by atoms with Crippen molar-refractivity contribution in [2.45, 2.75) is 27.2 Å². The van der Waals surface area contributed by atoms with Crippen molar-refractivity contribution < 1.29 is 27.4 Å². The number of sulfonamides is 1. The molecule has 9 nitrogen and oxygen atoms in total. The zero-order valence-electron chi connectivity index (χ0n) is 19.4. The van der Waals surface area contributed by atoms with Crippen LogP contribution in [-0.4, -0.2) is 53.2 Å². The number of hydrazone groups is 1. The van der Waals surface area contributed by atoms with Gasteiger partial charge in [-0.2, -0.15) is 5.10 Å². The smallest absolute Gasteiger partial charge is 0.260 e. The molecule has 0 fully saturated rings. The molecule has 2 aromatic rings. The van der Waals surface area contributed by atoms with E-state index in [4.69, 9.17) is 14.2 Å². The number of ether oxygens (including phenoxy) is 3. The molecule has 2 aromatic carbocycles. The summed E-state index contributed by atoms with van der Waals surface area (Å²) in [4.78, 5) is 12.4. The fraction of sp³-hybridized carbons (Fsp3) is 0.391.